The highest BCUT2D eigenvalue weighted by Crippen LogP contribution is 2.34. The summed E-state index contributed by atoms with van der Waals surface area (Å²) in [6, 6.07) is 8.35. The van der Waals surface area contributed by atoms with Crippen molar-refractivity contribution in [1.82, 2.24) is 5.32 Å². The number of nitrogens with zero attached hydrogens (tertiary/aromatic N) is 1. The van der Waals surface area contributed by atoms with E-state index in [0.717, 1.165) is 18.7 Å². The second kappa shape index (κ2) is 4.78. The minimum absolute atomic E-state index is 0.0317. The molecular weight excluding hydrogens is 212 g/mol. The summed E-state index contributed by atoms with van der Waals surface area (Å²) in [4.78, 5) is 13.9. The molecule has 1 aromatic carbocycles. The van der Waals surface area contributed by atoms with Crippen molar-refractivity contribution in [2.75, 3.05) is 11.4 Å². The largest absolute Gasteiger partial charge is 0.331 e. The molecule has 1 aliphatic heterocycles. The average Bonchev–Trinajstić information content (AvgIpc) is 2.32. The van der Waals surface area contributed by atoms with Gasteiger partial charge in [0.1, 0.15) is 0 Å². The van der Waals surface area contributed by atoms with Gasteiger partial charge in [-0.05, 0) is 24.0 Å². The molecule has 0 radical (unpaired) electrons. The van der Waals surface area contributed by atoms with E-state index < -0.39 is 0 Å². The van der Waals surface area contributed by atoms with Crippen LogP contribution in [0, 0.1) is 5.92 Å². The van der Waals surface area contributed by atoms with E-state index in [4.69, 9.17) is 0 Å². The SMILES string of the molecule is CCCN1C(=O)NC(C(C)C)c2ccccc21. The van der Waals surface area contributed by atoms with Crippen molar-refractivity contribution in [2.45, 2.75) is 33.2 Å². The van der Waals surface area contributed by atoms with Crippen LogP contribution >= 0.6 is 0 Å². The molecule has 3 nitrogen and oxygen atoms in total. The normalized spacial score (nSPS) is 19.2. The molecule has 92 valence electrons. The summed E-state index contributed by atoms with van der Waals surface area (Å²) in [5.74, 6) is 0.406. The van der Waals surface area contributed by atoms with Gasteiger partial charge in [0.25, 0.3) is 0 Å². The molecule has 1 unspecified atom stereocenters. The van der Waals surface area contributed by atoms with E-state index in [0.29, 0.717) is 5.92 Å². The Morgan fingerprint density at radius 3 is 2.71 bits per heavy atom. The van der Waals surface area contributed by atoms with Gasteiger partial charge in [0.15, 0.2) is 0 Å². The molecule has 0 spiro atoms. The number of hydrogen-bond acceptors (Lipinski definition) is 1. The second-order valence-electron chi connectivity index (χ2n) is 4.88. The van der Waals surface area contributed by atoms with Crippen molar-refractivity contribution in [3.8, 4) is 0 Å². The molecule has 1 atom stereocenters. The molecule has 1 N–H and O–H groups in total. The van der Waals surface area contributed by atoms with Crippen molar-refractivity contribution in [3.05, 3.63) is 29.8 Å². The van der Waals surface area contributed by atoms with Crippen molar-refractivity contribution in [1.29, 1.82) is 0 Å². The fraction of sp³-hybridized carbons (Fsp3) is 0.500. The van der Waals surface area contributed by atoms with Crippen LogP contribution in [0.15, 0.2) is 24.3 Å². The number of amides is 2. The third-order valence-electron chi connectivity index (χ3n) is 3.20. The molecule has 0 fully saturated rings. The lowest BCUT2D eigenvalue weighted by atomic mass is 9.92. The first-order valence-electron chi connectivity index (χ1n) is 6.32. The lowest BCUT2D eigenvalue weighted by molar-refractivity contribution is 0.236. The van der Waals surface area contributed by atoms with Crippen LogP contribution in [0.25, 0.3) is 0 Å². The van der Waals surface area contributed by atoms with Gasteiger partial charge in [0.2, 0.25) is 0 Å². The van der Waals surface area contributed by atoms with Gasteiger partial charge in [-0.2, -0.15) is 0 Å². The number of urea groups is 1. The molecule has 0 aliphatic carbocycles. The molecular formula is C14H20N2O. The molecule has 2 rings (SSSR count). The number of para-hydroxylation sites is 1. The van der Waals surface area contributed by atoms with Gasteiger partial charge in [-0.25, -0.2) is 4.79 Å². The van der Waals surface area contributed by atoms with Crippen LogP contribution in [-0.2, 0) is 0 Å². The fourth-order valence-electron chi connectivity index (χ4n) is 2.37. The molecule has 0 saturated heterocycles. The Bertz CT molecular complexity index is 414. The van der Waals surface area contributed by atoms with E-state index in [9.17, 15) is 4.79 Å². The van der Waals surface area contributed by atoms with Crippen LogP contribution in [0.2, 0.25) is 0 Å². The fourth-order valence-corrected chi connectivity index (χ4v) is 2.37. The highest BCUT2D eigenvalue weighted by molar-refractivity contribution is 5.95. The first kappa shape index (κ1) is 12.0. The quantitative estimate of drug-likeness (QED) is 0.851. The third-order valence-corrected chi connectivity index (χ3v) is 3.20. The van der Waals surface area contributed by atoms with E-state index >= 15 is 0 Å². The molecule has 0 aromatic heterocycles. The highest BCUT2D eigenvalue weighted by Gasteiger charge is 2.31. The molecule has 17 heavy (non-hydrogen) atoms. The zero-order chi connectivity index (χ0) is 12.4. The lowest BCUT2D eigenvalue weighted by Gasteiger charge is -2.36. The van der Waals surface area contributed by atoms with Crippen LogP contribution in [-0.4, -0.2) is 12.6 Å². The van der Waals surface area contributed by atoms with Gasteiger partial charge < -0.3 is 5.32 Å². The maximum absolute atomic E-state index is 12.1. The first-order valence-corrected chi connectivity index (χ1v) is 6.32. The van der Waals surface area contributed by atoms with Gasteiger partial charge in [0, 0.05) is 6.54 Å². The summed E-state index contributed by atoms with van der Waals surface area (Å²) in [7, 11) is 0. The van der Waals surface area contributed by atoms with E-state index in [1.165, 1.54) is 5.56 Å². The lowest BCUT2D eigenvalue weighted by Crippen LogP contribution is -2.48. The Balaban J connectivity index is 2.43. The minimum Gasteiger partial charge on any atom is -0.331 e. The molecule has 1 aromatic rings. The van der Waals surface area contributed by atoms with Gasteiger partial charge in [-0.3, -0.25) is 4.90 Å². The zero-order valence-corrected chi connectivity index (χ0v) is 10.7. The molecule has 1 heterocycles. The van der Waals surface area contributed by atoms with Gasteiger partial charge >= 0.3 is 6.03 Å². The molecule has 2 amide bonds. The number of carbonyl (C=O) groups excluding carboxylic acids is 1. The Morgan fingerprint density at radius 1 is 1.35 bits per heavy atom. The van der Waals surface area contributed by atoms with Gasteiger partial charge in [-0.1, -0.05) is 39.0 Å². The second-order valence-corrected chi connectivity index (χ2v) is 4.88. The standard InChI is InChI=1S/C14H20N2O/c1-4-9-16-12-8-6-5-7-11(12)13(10(2)3)15-14(16)17/h5-8,10,13H,4,9H2,1-3H3,(H,15,17). The van der Waals surface area contributed by atoms with E-state index in [2.05, 4.69) is 32.2 Å². The maximum atomic E-state index is 12.1. The van der Waals surface area contributed by atoms with Crippen LogP contribution in [0.4, 0.5) is 10.5 Å². The van der Waals surface area contributed by atoms with Crippen LogP contribution in [0.3, 0.4) is 0 Å². The number of hydrogen-bond donors (Lipinski definition) is 1. The van der Waals surface area contributed by atoms with Gasteiger partial charge in [-0.15, -0.1) is 0 Å². The predicted octanol–water partition coefficient (Wildman–Crippen LogP) is 3.32. The molecule has 1 aliphatic rings. The van der Waals surface area contributed by atoms with Gasteiger partial charge in [0.05, 0.1) is 11.7 Å². The highest BCUT2D eigenvalue weighted by atomic mass is 16.2. The van der Waals surface area contributed by atoms with Crippen LogP contribution in [0.1, 0.15) is 38.8 Å². The summed E-state index contributed by atoms with van der Waals surface area (Å²) in [5, 5.41) is 3.09. The summed E-state index contributed by atoms with van der Waals surface area (Å²) in [6.07, 6.45) is 0.966. The van der Waals surface area contributed by atoms with Crippen LogP contribution in [0.5, 0.6) is 0 Å². The number of nitrogens with one attached hydrogen (secondary N) is 1. The Morgan fingerprint density at radius 2 is 2.06 bits per heavy atom. The number of benzene rings is 1. The summed E-state index contributed by atoms with van der Waals surface area (Å²) >= 11 is 0. The number of rotatable bonds is 3. The monoisotopic (exact) mass is 232 g/mol. The number of fused-ring (bicyclic) bond motifs is 1. The minimum atomic E-state index is 0.0317. The van der Waals surface area contributed by atoms with E-state index in [-0.39, 0.29) is 12.1 Å². The Labute approximate surface area is 103 Å². The third kappa shape index (κ3) is 2.14. The van der Waals surface area contributed by atoms with Crippen molar-refractivity contribution >= 4 is 11.7 Å². The van der Waals surface area contributed by atoms with Crippen molar-refractivity contribution in [3.63, 3.8) is 0 Å². The average molecular weight is 232 g/mol. The van der Waals surface area contributed by atoms with E-state index in [1.807, 2.05) is 23.1 Å². The topological polar surface area (TPSA) is 32.3 Å². The Kier molecular flexibility index (Phi) is 3.36. The summed E-state index contributed by atoms with van der Waals surface area (Å²) in [6.45, 7) is 7.13. The summed E-state index contributed by atoms with van der Waals surface area (Å²) in [5.41, 5.74) is 2.30. The predicted molar refractivity (Wildman–Crippen MR) is 70.2 cm³/mol. The smallest absolute Gasteiger partial charge is 0.322 e. The van der Waals surface area contributed by atoms with Crippen molar-refractivity contribution < 1.29 is 4.79 Å². The molecule has 0 saturated carbocycles. The van der Waals surface area contributed by atoms with Crippen molar-refractivity contribution in [2.24, 2.45) is 5.92 Å². The Hall–Kier alpha value is -1.51. The molecule has 0 bridgehead atoms. The maximum Gasteiger partial charge on any atom is 0.322 e. The number of carbonyl (C=O) groups is 1. The summed E-state index contributed by atoms with van der Waals surface area (Å²) < 4.78 is 0. The molecule has 3 heteroatoms. The van der Waals surface area contributed by atoms with Crippen LogP contribution < -0.4 is 10.2 Å². The number of anilines is 1. The van der Waals surface area contributed by atoms with E-state index in [1.54, 1.807) is 0 Å². The zero-order valence-electron chi connectivity index (χ0n) is 10.7. The first-order chi connectivity index (χ1) is 8.15.